The molecule has 6 heteroatoms. The molecule has 1 amide bonds. The van der Waals surface area contributed by atoms with E-state index in [0.717, 1.165) is 12.8 Å². The molecule has 0 atom stereocenters. The highest BCUT2D eigenvalue weighted by atomic mass is 35.5. The van der Waals surface area contributed by atoms with Crippen LogP contribution in [0.25, 0.3) is 0 Å². The fraction of sp³-hybridized carbons (Fsp3) is 0.429. The van der Waals surface area contributed by atoms with Crippen LogP contribution in [0.5, 0.6) is 0 Å². The summed E-state index contributed by atoms with van der Waals surface area (Å²) in [6.45, 7) is 2.27. The Morgan fingerprint density at radius 2 is 2.15 bits per heavy atom. The van der Waals surface area contributed by atoms with E-state index in [0.29, 0.717) is 17.6 Å². The van der Waals surface area contributed by atoms with Gasteiger partial charge >= 0.3 is 5.97 Å². The van der Waals surface area contributed by atoms with Crippen LogP contribution in [-0.4, -0.2) is 36.0 Å². The first kappa shape index (κ1) is 14.7. The van der Waals surface area contributed by atoms with Gasteiger partial charge in [-0.25, -0.2) is 4.79 Å². The number of carbonyl (C=O) groups excluding carboxylic acids is 2. The van der Waals surface area contributed by atoms with Gasteiger partial charge in [-0.1, -0.05) is 17.7 Å². The maximum Gasteiger partial charge on any atom is 0.340 e. The third-order valence-electron chi connectivity index (χ3n) is 3.25. The average Bonchev–Trinajstić information content (AvgIpc) is 3.24. The number of likely N-dealkylation sites (N-methyl/N-ethyl adjacent to an activating group) is 1. The molecule has 0 aromatic heterocycles. The number of halogens is 1. The predicted octanol–water partition coefficient (Wildman–Crippen LogP) is 2.09. The number of nitrogen functional groups attached to an aromatic ring is 1. The Labute approximate surface area is 122 Å². The normalized spacial score (nSPS) is 13.9. The zero-order chi connectivity index (χ0) is 14.7. The molecule has 2 rings (SSSR count). The van der Waals surface area contributed by atoms with Crippen LogP contribution in [0.2, 0.25) is 5.02 Å². The number of esters is 1. The van der Waals surface area contributed by atoms with Gasteiger partial charge in [-0.15, -0.1) is 0 Å². The first-order valence-electron chi connectivity index (χ1n) is 6.55. The Bertz CT molecular complexity index is 529. The van der Waals surface area contributed by atoms with Gasteiger partial charge in [-0.05, 0) is 31.9 Å². The van der Waals surface area contributed by atoms with Crippen molar-refractivity contribution in [1.29, 1.82) is 0 Å². The minimum atomic E-state index is -0.634. The number of nitrogens with two attached hydrogens (primary N) is 1. The van der Waals surface area contributed by atoms with Crippen LogP contribution < -0.4 is 5.73 Å². The zero-order valence-electron chi connectivity index (χ0n) is 11.3. The van der Waals surface area contributed by atoms with Crippen molar-refractivity contribution >= 4 is 29.2 Å². The summed E-state index contributed by atoms with van der Waals surface area (Å²) in [5, 5.41) is 0.291. The second-order valence-corrected chi connectivity index (χ2v) is 5.10. The van der Waals surface area contributed by atoms with Gasteiger partial charge < -0.3 is 15.4 Å². The number of hydrogen-bond acceptors (Lipinski definition) is 4. The van der Waals surface area contributed by atoms with Gasteiger partial charge in [0.05, 0.1) is 16.3 Å². The topological polar surface area (TPSA) is 72.6 Å². The molecule has 20 heavy (non-hydrogen) atoms. The molecule has 0 radical (unpaired) electrons. The van der Waals surface area contributed by atoms with Crippen LogP contribution in [0.4, 0.5) is 5.69 Å². The van der Waals surface area contributed by atoms with E-state index in [-0.39, 0.29) is 23.8 Å². The quantitative estimate of drug-likeness (QED) is 0.667. The van der Waals surface area contributed by atoms with Gasteiger partial charge in [0.15, 0.2) is 6.61 Å². The monoisotopic (exact) mass is 296 g/mol. The van der Waals surface area contributed by atoms with E-state index in [1.807, 2.05) is 6.92 Å². The van der Waals surface area contributed by atoms with Crippen LogP contribution in [0.1, 0.15) is 30.1 Å². The van der Waals surface area contributed by atoms with Gasteiger partial charge in [0.25, 0.3) is 5.91 Å². The molecule has 5 nitrogen and oxygen atoms in total. The van der Waals surface area contributed by atoms with E-state index in [4.69, 9.17) is 22.1 Å². The summed E-state index contributed by atoms with van der Waals surface area (Å²) in [5.74, 6) is -0.811. The molecule has 0 spiro atoms. The van der Waals surface area contributed by atoms with E-state index < -0.39 is 5.97 Å². The molecule has 2 N–H and O–H groups in total. The van der Waals surface area contributed by atoms with Crippen LogP contribution >= 0.6 is 11.6 Å². The molecule has 1 aliphatic rings. The van der Waals surface area contributed by atoms with E-state index >= 15 is 0 Å². The van der Waals surface area contributed by atoms with Crippen molar-refractivity contribution in [2.75, 3.05) is 18.9 Å². The standard InChI is InChI=1S/C14H17ClN2O3/c1-2-17(9-6-7-9)12(18)8-20-14(19)10-4-3-5-11(15)13(10)16/h3-5,9H,2,6-8,16H2,1H3. The van der Waals surface area contributed by atoms with Crippen LogP contribution in [0, 0.1) is 0 Å². The van der Waals surface area contributed by atoms with Crippen molar-refractivity contribution < 1.29 is 14.3 Å². The molecule has 1 aromatic rings. The summed E-state index contributed by atoms with van der Waals surface area (Å²) >= 11 is 5.84. The highest BCUT2D eigenvalue weighted by Gasteiger charge is 2.31. The number of nitrogens with zero attached hydrogens (tertiary/aromatic N) is 1. The molecule has 0 bridgehead atoms. The molecule has 0 heterocycles. The Morgan fingerprint density at radius 3 is 2.75 bits per heavy atom. The first-order chi connectivity index (χ1) is 9.54. The number of benzene rings is 1. The summed E-state index contributed by atoms with van der Waals surface area (Å²) in [4.78, 5) is 25.6. The summed E-state index contributed by atoms with van der Waals surface area (Å²) < 4.78 is 5.02. The summed E-state index contributed by atoms with van der Waals surface area (Å²) in [6.07, 6.45) is 2.05. The smallest absolute Gasteiger partial charge is 0.340 e. The van der Waals surface area contributed by atoms with Crippen molar-refractivity contribution in [2.24, 2.45) is 0 Å². The molecule has 0 saturated heterocycles. The lowest BCUT2D eigenvalue weighted by Crippen LogP contribution is -2.36. The highest BCUT2D eigenvalue weighted by Crippen LogP contribution is 2.27. The van der Waals surface area contributed by atoms with E-state index in [9.17, 15) is 9.59 Å². The minimum absolute atomic E-state index is 0.168. The van der Waals surface area contributed by atoms with Crippen molar-refractivity contribution in [3.05, 3.63) is 28.8 Å². The fourth-order valence-corrected chi connectivity index (χ4v) is 2.20. The maximum atomic E-state index is 11.9. The Morgan fingerprint density at radius 1 is 1.45 bits per heavy atom. The molecule has 108 valence electrons. The van der Waals surface area contributed by atoms with Gasteiger partial charge in [-0.3, -0.25) is 4.79 Å². The van der Waals surface area contributed by atoms with E-state index in [1.54, 1.807) is 17.0 Å². The number of rotatable bonds is 5. The first-order valence-corrected chi connectivity index (χ1v) is 6.93. The predicted molar refractivity (Wildman–Crippen MR) is 76.6 cm³/mol. The number of carbonyl (C=O) groups is 2. The Hall–Kier alpha value is -1.75. The third-order valence-corrected chi connectivity index (χ3v) is 3.58. The summed E-state index contributed by atoms with van der Waals surface area (Å²) in [6, 6.07) is 5.03. The molecular weight excluding hydrogens is 280 g/mol. The average molecular weight is 297 g/mol. The number of hydrogen-bond donors (Lipinski definition) is 1. The Kier molecular flexibility index (Phi) is 4.49. The highest BCUT2D eigenvalue weighted by molar-refractivity contribution is 6.33. The number of anilines is 1. The van der Waals surface area contributed by atoms with Crippen molar-refractivity contribution in [1.82, 2.24) is 4.90 Å². The molecule has 0 unspecified atom stereocenters. The lowest BCUT2D eigenvalue weighted by atomic mass is 10.2. The number of ether oxygens (including phenoxy) is 1. The van der Waals surface area contributed by atoms with Crippen molar-refractivity contribution in [2.45, 2.75) is 25.8 Å². The zero-order valence-corrected chi connectivity index (χ0v) is 12.0. The SMILES string of the molecule is CCN(C(=O)COC(=O)c1cccc(Cl)c1N)C1CC1. The Balaban J connectivity index is 1.94. The van der Waals surface area contributed by atoms with Crippen LogP contribution in [0.15, 0.2) is 18.2 Å². The number of para-hydroxylation sites is 1. The van der Waals surface area contributed by atoms with Gasteiger partial charge in [0.1, 0.15) is 0 Å². The molecule has 1 aliphatic carbocycles. The number of amides is 1. The second-order valence-electron chi connectivity index (χ2n) is 4.69. The largest absolute Gasteiger partial charge is 0.452 e. The molecule has 1 aromatic carbocycles. The van der Waals surface area contributed by atoms with Crippen LogP contribution in [0.3, 0.4) is 0 Å². The lowest BCUT2D eigenvalue weighted by molar-refractivity contribution is -0.134. The lowest BCUT2D eigenvalue weighted by Gasteiger charge is -2.20. The summed E-state index contributed by atoms with van der Waals surface area (Å²) in [5.41, 5.74) is 6.05. The summed E-state index contributed by atoms with van der Waals surface area (Å²) in [7, 11) is 0. The van der Waals surface area contributed by atoms with Gasteiger partial charge in [0.2, 0.25) is 0 Å². The van der Waals surface area contributed by atoms with Crippen molar-refractivity contribution in [3.63, 3.8) is 0 Å². The minimum Gasteiger partial charge on any atom is -0.452 e. The fourth-order valence-electron chi connectivity index (χ4n) is 2.03. The van der Waals surface area contributed by atoms with Crippen molar-refractivity contribution in [3.8, 4) is 0 Å². The van der Waals surface area contributed by atoms with Crippen LogP contribution in [-0.2, 0) is 9.53 Å². The molecule has 1 fully saturated rings. The maximum absolute atomic E-state index is 11.9. The second kappa shape index (κ2) is 6.13. The van der Waals surface area contributed by atoms with E-state index in [2.05, 4.69) is 0 Å². The van der Waals surface area contributed by atoms with E-state index in [1.165, 1.54) is 6.07 Å². The molecule has 1 saturated carbocycles. The van der Waals surface area contributed by atoms with Gasteiger partial charge in [-0.2, -0.15) is 0 Å². The molecule has 0 aliphatic heterocycles. The van der Waals surface area contributed by atoms with Gasteiger partial charge in [0, 0.05) is 12.6 Å². The molecular formula is C14H17ClN2O3. The third kappa shape index (κ3) is 3.22.